The summed E-state index contributed by atoms with van der Waals surface area (Å²) in [5.74, 6) is -1.65. The van der Waals surface area contributed by atoms with Crippen LogP contribution in [0.1, 0.15) is 10.4 Å². The van der Waals surface area contributed by atoms with Crippen molar-refractivity contribution >= 4 is 23.3 Å². The molecule has 9 nitrogen and oxygen atoms in total. The van der Waals surface area contributed by atoms with Crippen LogP contribution >= 0.6 is 0 Å². The van der Waals surface area contributed by atoms with E-state index in [1.807, 2.05) is 0 Å². The van der Waals surface area contributed by atoms with E-state index < -0.39 is 22.9 Å². The predicted molar refractivity (Wildman–Crippen MR) is 70.8 cm³/mol. The fourth-order valence-electron chi connectivity index (χ4n) is 2.00. The lowest BCUT2D eigenvalue weighted by Crippen LogP contribution is -2.48. The lowest BCUT2D eigenvalue weighted by Gasteiger charge is -2.30. The number of anilines is 1. The van der Waals surface area contributed by atoms with Crippen molar-refractivity contribution in [3.63, 3.8) is 0 Å². The average Bonchev–Trinajstić information content (AvgIpc) is 2.46. The first-order valence-electron chi connectivity index (χ1n) is 6.07. The van der Waals surface area contributed by atoms with Gasteiger partial charge in [-0.15, -0.1) is 0 Å². The van der Waals surface area contributed by atoms with Crippen molar-refractivity contribution in [1.29, 1.82) is 0 Å². The number of carboxylic acids is 1. The molecule has 1 unspecified atom stereocenters. The first-order chi connectivity index (χ1) is 9.90. The number of ether oxygens (including phenoxy) is 1. The zero-order valence-corrected chi connectivity index (χ0v) is 10.9. The zero-order chi connectivity index (χ0) is 15.6. The predicted octanol–water partition coefficient (Wildman–Crippen LogP) is 0.103. The number of rotatable bonds is 3. The van der Waals surface area contributed by atoms with Gasteiger partial charge in [-0.3, -0.25) is 14.9 Å². The van der Waals surface area contributed by atoms with E-state index in [9.17, 15) is 19.7 Å². The van der Waals surface area contributed by atoms with Gasteiger partial charge in [0, 0.05) is 18.2 Å². The highest BCUT2D eigenvalue weighted by molar-refractivity contribution is 5.96. The zero-order valence-electron chi connectivity index (χ0n) is 10.9. The number of aliphatic carboxylic acids is 1. The normalized spacial score (nSPS) is 18.3. The third kappa shape index (κ3) is 3.08. The lowest BCUT2D eigenvalue weighted by molar-refractivity contribution is -0.383. The van der Waals surface area contributed by atoms with Crippen LogP contribution in [0.5, 0.6) is 0 Å². The average molecular weight is 295 g/mol. The van der Waals surface area contributed by atoms with Gasteiger partial charge in [-0.2, -0.15) is 0 Å². The summed E-state index contributed by atoms with van der Waals surface area (Å²) < 4.78 is 5.02. The molecule has 1 fully saturated rings. The van der Waals surface area contributed by atoms with Crippen molar-refractivity contribution in [1.82, 2.24) is 4.90 Å². The molecule has 1 heterocycles. The Morgan fingerprint density at radius 2 is 2.19 bits per heavy atom. The third-order valence-electron chi connectivity index (χ3n) is 3.10. The van der Waals surface area contributed by atoms with Crippen molar-refractivity contribution in [3.05, 3.63) is 33.9 Å². The molecule has 1 aromatic rings. The number of nitrogens with zero attached hydrogens (tertiary/aromatic N) is 2. The van der Waals surface area contributed by atoms with Crippen LogP contribution in [0.3, 0.4) is 0 Å². The number of morpholine rings is 1. The Bertz CT molecular complexity index is 603. The highest BCUT2D eigenvalue weighted by Crippen LogP contribution is 2.23. The van der Waals surface area contributed by atoms with Gasteiger partial charge in [-0.25, -0.2) is 4.79 Å². The van der Waals surface area contributed by atoms with Crippen LogP contribution in [-0.2, 0) is 9.53 Å². The standard InChI is InChI=1S/C12H13N3O6/c13-8-2-1-7(5-9(8)15(19)20)11(16)14-3-4-21-10(6-14)12(17)18/h1-2,5,10H,3-4,6,13H2,(H,17,18). The molecular formula is C12H13N3O6. The van der Waals surface area contributed by atoms with Crippen LogP contribution in [0, 0.1) is 10.1 Å². The molecule has 21 heavy (non-hydrogen) atoms. The van der Waals surface area contributed by atoms with E-state index in [0.717, 1.165) is 6.07 Å². The number of amides is 1. The number of hydrogen-bond donors (Lipinski definition) is 2. The second-order valence-electron chi connectivity index (χ2n) is 4.48. The molecule has 0 saturated carbocycles. The maximum absolute atomic E-state index is 12.3. The Labute approximate surface area is 119 Å². The molecule has 0 bridgehead atoms. The monoisotopic (exact) mass is 295 g/mol. The van der Waals surface area contributed by atoms with Crippen LogP contribution < -0.4 is 5.73 Å². The SMILES string of the molecule is Nc1ccc(C(=O)N2CCOC(C(=O)O)C2)cc1[N+](=O)[O-]. The maximum atomic E-state index is 12.3. The molecule has 0 spiro atoms. The summed E-state index contributed by atoms with van der Waals surface area (Å²) >= 11 is 0. The fourth-order valence-corrected chi connectivity index (χ4v) is 2.00. The number of nitro groups is 1. The smallest absolute Gasteiger partial charge is 0.334 e. The summed E-state index contributed by atoms with van der Waals surface area (Å²) in [4.78, 5) is 34.6. The fraction of sp³-hybridized carbons (Fsp3) is 0.333. The Balaban J connectivity index is 2.22. The van der Waals surface area contributed by atoms with Crippen LogP contribution in [0.2, 0.25) is 0 Å². The van der Waals surface area contributed by atoms with E-state index >= 15 is 0 Å². The number of benzene rings is 1. The molecule has 0 radical (unpaired) electrons. The first-order valence-corrected chi connectivity index (χ1v) is 6.07. The molecular weight excluding hydrogens is 282 g/mol. The number of carboxylic acid groups (broad SMARTS) is 1. The van der Waals surface area contributed by atoms with E-state index in [2.05, 4.69) is 0 Å². The minimum Gasteiger partial charge on any atom is -0.479 e. The number of nitrogen functional groups attached to an aromatic ring is 1. The van der Waals surface area contributed by atoms with E-state index in [4.69, 9.17) is 15.6 Å². The summed E-state index contributed by atoms with van der Waals surface area (Å²) in [6, 6.07) is 3.74. The molecule has 1 saturated heterocycles. The first kappa shape index (κ1) is 14.7. The van der Waals surface area contributed by atoms with Crippen LogP contribution in [0.25, 0.3) is 0 Å². The maximum Gasteiger partial charge on any atom is 0.334 e. The molecule has 1 atom stereocenters. The molecule has 1 aromatic carbocycles. The lowest BCUT2D eigenvalue weighted by atomic mass is 10.1. The van der Waals surface area contributed by atoms with Gasteiger partial charge in [0.15, 0.2) is 6.10 Å². The Morgan fingerprint density at radius 1 is 1.48 bits per heavy atom. The quantitative estimate of drug-likeness (QED) is 0.458. The van der Waals surface area contributed by atoms with Gasteiger partial charge in [-0.1, -0.05) is 0 Å². The molecule has 1 aliphatic heterocycles. The number of nitrogens with two attached hydrogens (primary N) is 1. The summed E-state index contributed by atoms with van der Waals surface area (Å²) in [6.45, 7) is 0.215. The molecule has 112 valence electrons. The summed E-state index contributed by atoms with van der Waals surface area (Å²) in [6.07, 6.45) is -1.09. The van der Waals surface area contributed by atoms with Crippen molar-refractivity contribution in [3.8, 4) is 0 Å². The topological polar surface area (TPSA) is 136 Å². The second-order valence-corrected chi connectivity index (χ2v) is 4.48. The molecule has 3 N–H and O–H groups in total. The van der Waals surface area contributed by atoms with Crippen LogP contribution in [0.15, 0.2) is 18.2 Å². The van der Waals surface area contributed by atoms with Gasteiger partial charge < -0.3 is 20.5 Å². The Hall–Kier alpha value is -2.68. The van der Waals surface area contributed by atoms with E-state index in [1.165, 1.54) is 17.0 Å². The molecule has 9 heteroatoms. The van der Waals surface area contributed by atoms with Gasteiger partial charge in [-0.05, 0) is 12.1 Å². The molecule has 1 aliphatic rings. The number of carbonyl (C=O) groups excluding carboxylic acids is 1. The van der Waals surface area contributed by atoms with Gasteiger partial charge in [0.1, 0.15) is 5.69 Å². The molecule has 2 rings (SSSR count). The minimum absolute atomic E-state index is 0.0399. The molecule has 0 aliphatic carbocycles. The van der Waals surface area contributed by atoms with E-state index in [-0.39, 0.29) is 36.6 Å². The summed E-state index contributed by atoms with van der Waals surface area (Å²) in [5, 5.41) is 19.7. The van der Waals surface area contributed by atoms with Gasteiger partial charge in [0.25, 0.3) is 11.6 Å². The van der Waals surface area contributed by atoms with Crippen molar-refractivity contribution in [2.45, 2.75) is 6.10 Å². The van der Waals surface area contributed by atoms with Gasteiger partial charge in [0.2, 0.25) is 0 Å². The van der Waals surface area contributed by atoms with E-state index in [1.54, 1.807) is 0 Å². The largest absolute Gasteiger partial charge is 0.479 e. The molecule has 0 aromatic heterocycles. The third-order valence-corrected chi connectivity index (χ3v) is 3.10. The van der Waals surface area contributed by atoms with Gasteiger partial charge in [0.05, 0.1) is 18.1 Å². The highest BCUT2D eigenvalue weighted by Gasteiger charge is 2.30. The summed E-state index contributed by atoms with van der Waals surface area (Å²) in [5.41, 5.74) is 5.15. The van der Waals surface area contributed by atoms with Crippen molar-refractivity contribution in [2.24, 2.45) is 0 Å². The highest BCUT2D eigenvalue weighted by atomic mass is 16.6. The summed E-state index contributed by atoms with van der Waals surface area (Å²) in [7, 11) is 0. The second kappa shape index (κ2) is 5.75. The van der Waals surface area contributed by atoms with Gasteiger partial charge >= 0.3 is 5.97 Å². The molecule has 1 amide bonds. The Kier molecular flexibility index (Phi) is 4.03. The number of carbonyl (C=O) groups is 2. The van der Waals surface area contributed by atoms with Crippen molar-refractivity contribution in [2.75, 3.05) is 25.4 Å². The van der Waals surface area contributed by atoms with Crippen LogP contribution in [-0.4, -0.2) is 52.6 Å². The van der Waals surface area contributed by atoms with E-state index in [0.29, 0.717) is 0 Å². The Morgan fingerprint density at radius 3 is 2.81 bits per heavy atom. The number of hydrogen-bond acceptors (Lipinski definition) is 6. The van der Waals surface area contributed by atoms with Crippen molar-refractivity contribution < 1.29 is 24.4 Å². The minimum atomic E-state index is -1.16. The number of nitro benzene ring substituents is 1. The van der Waals surface area contributed by atoms with Crippen LogP contribution in [0.4, 0.5) is 11.4 Å².